The van der Waals surface area contributed by atoms with E-state index in [1.165, 1.54) is 4.31 Å². The Kier molecular flexibility index (Phi) is 4.27. The van der Waals surface area contributed by atoms with Crippen LogP contribution in [0.3, 0.4) is 0 Å². The first-order chi connectivity index (χ1) is 9.47. The number of aliphatic hydroxyl groups excluding tert-OH is 1. The van der Waals surface area contributed by atoms with E-state index in [9.17, 15) is 13.5 Å². The summed E-state index contributed by atoms with van der Waals surface area (Å²) >= 11 is 1.14. The Labute approximate surface area is 130 Å². The summed E-state index contributed by atoms with van der Waals surface area (Å²) in [5, 5.41) is 9.26. The van der Waals surface area contributed by atoms with Crippen LogP contribution in [0, 0.1) is 6.92 Å². The van der Waals surface area contributed by atoms with Gasteiger partial charge in [0.05, 0.1) is 17.8 Å². The highest BCUT2D eigenvalue weighted by Crippen LogP contribution is 2.34. The van der Waals surface area contributed by atoms with E-state index >= 15 is 0 Å². The third-order valence-corrected chi connectivity index (χ3v) is 6.87. The minimum atomic E-state index is -3.56. The molecule has 0 radical (unpaired) electrons. The van der Waals surface area contributed by atoms with Gasteiger partial charge in [0.1, 0.15) is 4.21 Å². The fourth-order valence-electron chi connectivity index (χ4n) is 2.79. The maximum absolute atomic E-state index is 12.8. The summed E-state index contributed by atoms with van der Waals surface area (Å²) in [7, 11) is -3.56. The van der Waals surface area contributed by atoms with Gasteiger partial charge in [0.2, 0.25) is 0 Å². The van der Waals surface area contributed by atoms with E-state index in [2.05, 4.69) is 0 Å². The van der Waals surface area contributed by atoms with E-state index in [-0.39, 0.29) is 10.8 Å². The van der Waals surface area contributed by atoms with Gasteiger partial charge in [-0.25, -0.2) is 8.42 Å². The zero-order valence-electron chi connectivity index (χ0n) is 13.1. The maximum atomic E-state index is 12.8. The topological polar surface area (TPSA) is 66.8 Å². The van der Waals surface area contributed by atoms with Crippen molar-refractivity contribution >= 4 is 21.4 Å². The summed E-state index contributed by atoms with van der Waals surface area (Å²) < 4.78 is 33.4. The van der Waals surface area contributed by atoms with Crippen molar-refractivity contribution in [1.29, 1.82) is 0 Å². The molecular weight excluding hydrogens is 310 g/mol. The van der Waals surface area contributed by atoms with Crippen LogP contribution in [-0.2, 0) is 21.4 Å². The van der Waals surface area contributed by atoms with E-state index in [1.54, 1.807) is 6.07 Å². The second kappa shape index (κ2) is 5.31. The Bertz CT molecular complexity index is 615. The fraction of sp³-hybridized carbons (Fsp3) is 0.714. The van der Waals surface area contributed by atoms with Crippen LogP contribution in [0.5, 0.6) is 0 Å². The fourth-order valence-corrected chi connectivity index (χ4v) is 6.13. The van der Waals surface area contributed by atoms with Crippen molar-refractivity contribution in [3.63, 3.8) is 0 Å². The summed E-state index contributed by atoms with van der Waals surface area (Å²) in [6.45, 7) is 9.92. The lowest BCUT2D eigenvalue weighted by molar-refractivity contribution is -0.163. The number of aryl methyl sites for hydroxylation is 1. The van der Waals surface area contributed by atoms with Crippen molar-refractivity contribution in [2.24, 2.45) is 0 Å². The molecule has 1 N–H and O–H groups in total. The third-order valence-electron chi connectivity index (χ3n) is 3.40. The largest absolute Gasteiger partial charge is 0.391 e. The molecule has 0 spiro atoms. The number of morpholine rings is 1. The summed E-state index contributed by atoms with van der Waals surface area (Å²) in [6, 6.07) is 1.64. The van der Waals surface area contributed by atoms with Crippen LogP contribution in [0.15, 0.2) is 10.3 Å². The van der Waals surface area contributed by atoms with Gasteiger partial charge >= 0.3 is 0 Å². The molecule has 0 aliphatic carbocycles. The van der Waals surface area contributed by atoms with Gasteiger partial charge in [-0.2, -0.15) is 4.31 Å². The average Bonchev–Trinajstić information content (AvgIpc) is 2.67. The molecule has 120 valence electrons. The van der Waals surface area contributed by atoms with E-state index in [0.717, 1.165) is 16.9 Å². The molecule has 2 rings (SSSR count). The van der Waals surface area contributed by atoms with Crippen molar-refractivity contribution in [2.45, 2.75) is 56.6 Å². The lowest BCUT2D eigenvalue weighted by Gasteiger charge is -2.46. The Balaban J connectivity index is 2.38. The molecule has 1 aliphatic heterocycles. The van der Waals surface area contributed by atoms with Crippen LogP contribution in [0.1, 0.15) is 38.1 Å². The van der Waals surface area contributed by atoms with Crippen molar-refractivity contribution < 1.29 is 18.3 Å². The second-order valence-corrected chi connectivity index (χ2v) is 10.0. The lowest BCUT2D eigenvalue weighted by Crippen LogP contribution is -2.58. The first kappa shape index (κ1) is 16.9. The van der Waals surface area contributed by atoms with Gasteiger partial charge in [-0.3, -0.25) is 0 Å². The molecule has 0 amide bonds. The van der Waals surface area contributed by atoms with Gasteiger partial charge in [-0.1, -0.05) is 0 Å². The molecule has 0 bridgehead atoms. The maximum Gasteiger partial charge on any atom is 0.252 e. The molecule has 1 saturated heterocycles. The van der Waals surface area contributed by atoms with E-state index in [0.29, 0.717) is 18.0 Å². The molecule has 1 aromatic heterocycles. The minimum Gasteiger partial charge on any atom is -0.391 e. The van der Waals surface area contributed by atoms with Crippen LogP contribution >= 0.6 is 11.3 Å². The highest BCUT2D eigenvalue weighted by atomic mass is 32.2. The number of nitrogens with zero attached hydrogens (tertiary/aromatic N) is 1. The van der Waals surface area contributed by atoms with Crippen molar-refractivity contribution in [1.82, 2.24) is 4.31 Å². The van der Waals surface area contributed by atoms with Crippen LogP contribution in [-0.4, -0.2) is 42.1 Å². The number of hydrogen-bond acceptors (Lipinski definition) is 5. The van der Waals surface area contributed by atoms with Gasteiger partial charge in [0.25, 0.3) is 10.0 Å². The van der Waals surface area contributed by atoms with Gasteiger partial charge in [0, 0.05) is 18.0 Å². The van der Waals surface area contributed by atoms with Gasteiger partial charge < -0.3 is 9.84 Å². The van der Waals surface area contributed by atoms with E-state index in [4.69, 9.17) is 4.74 Å². The summed E-state index contributed by atoms with van der Waals surface area (Å²) in [5.74, 6) is 0. The first-order valence-electron chi connectivity index (χ1n) is 6.87. The molecule has 21 heavy (non-hydrogen) atoms. The second-order valence-electron chi connectivity index (χ2n) is 6.72. The number of rotatable bonds is 3. The molecule has 1 aromatic rings. The van der Waals surface area contributed by atoms with E-state index < -0.39 is 21.2 Å². The molecule has 0 saturated carbocycles. The van der Waals surface area contributed by atoms with Crippen LogP contribution in [0.4, 0.5) is 0 Å². The van der Waals surface area contributed by atoms with Crippen LogP contribution in [0.25, 0.3) is 0 Å². The average molecular weight is 333 g/mol. The quantitative estimate of drug-likeness (QED) is 0.920. The Morgan fingerprint density at radius 3 is 2.24 bits per heavy atom. The Morgan fingerprint density at radius 2 is 1.81 bits per heavy atom. The van der Waals surface area contributed by atoms with E-state index in [1.807, 2.05) is 34.6 Å². The van der Waals surface area contributed by atoms with Crippen LogP contribution < -0.4 is 0 Å². The predicted octanol–water partition coefficient (Wildman–Crippen LogP) is 2.13. The van der Waals surface area contributed by atoms with Crippen molar-refractivity contribution in [2.75, 3.05) is 13.1 Å². The SMILES string of the molecule is Cc1cc(S(=O)(=O)N2CC(C)(C)OC(C)(C)C2)sc1CO. The van der Waals surface area contributed by atoms with Crippen molar-refractivity contribution in [3.05, 3.63) is 16.5 Å². The number of thiophene rings is 1. The Morgan fingerprint density at radius 1 is 1.29 bits per heavy atom. The standard InChI is InChI=1S/C14H23NO4S2/c1-10-6-12(20-11(10)7-16)21(17,18)15-8-13(2,3)19-14(4,5)9-15/h6,16H,7-9H2,1-5H3. The highest BCUT2D eigenvalue weighted by molar-refractivity contribution is 7.91. The predicted molar refractivity (Wildman–Crippen MR) is 83.0 cm³/mol. The molecule has 1 aliphatic rings. The highest BCUT2D eigenvalue weighted by Gasteiger charge is 2.43. The number of sulfonamides is 1. The third kappa shape index (κ3) is 3.48. The van der Waals surface area contributed by atoms with Crippen LogP contribution in [0.2, 0.25) is 0 Å². The first-order valence-corrected chi connectivity index (χ1v) is 9.13. The molecule has 0 atom stereocenters. The normalized spacial score (nSPS) is 22.4. The summed E-state index contributed by atoms with van der Waals surface area (Å²) in [6.07, 6.45) is 0. The molecular formula is C14H23NO4S2. The summed E-state index contributed by atoms with van der Waals surface area (Å²) in [5.41, 5.74) is -0.241. The zero-order chi connectivity index (χ0) is 16.1. The van der Waals surface area contributed by atoms with Gasteiger partial charge in [0.15, 0.2) is 0 Å². The molecule has 0 unspecified atom stereocenters. The molecule has 0 aromatic carbocycles. The summed E-state index contributed by atoms with van der Waals surface area (Å²) in [4.78, 5) is 0.695. The van der Waals surface area contributed by atoms with Gasteiger partial charge in [-0.15, -0.1) is 11.3 Å². The van der Waals surface area contributed by atoms with Crippen molar-refractivity contribution in [3.8, 4) is 0 Å². The number of ether oxygens (including phenoxy) is 1. The molecule has 5 nitrogen and oxygen atoms in total. The lowest BCUT2D eigenvalue weighted by atomic mass is 10.0. The monoisotopic (exact) mass is 333 g/mol. The molecule has 1 fully saturated rings. The number of hydrogen-bond donors (Lipinski definition) is 1. The minimum absolute atomic E-state index is 0.133. The van der Waals surface area contributed by atoms with Gasteiger partial charge in [-0.05, 0) is 46.2 Å². The Hall–Kier alpha value is -0.470. The molecule has 2 heterocycles. The smallest absolute Gasteiger partial charge is 0.252 e. The zero-order valence-corrected chi connectivity index (χ0v) is 14.8. The number of aliphatic hydroxyl groups is 1. The molecule has 7 heteroatoms.